The second-order valence-corrected chi connectivity index (χ2v) is 10.0. The van der Waals surface area contributed by atoms with E-state index in [0.29, 0.717) is 48.5 Å². The lowest BCUT2D eigenvalue weighted by Gasteiger charge is -2.36. The van der Waals surface area contributed by atoms with Gasteiger partial charge < -0.3 is 10.4 Å². The molecule has 0 spiro atoms. The number of alkyl halides is 3. The molecular formula is C19H23F4N3O5S. The molecule has 1 saturated heterocycles. The monoisotopic (exact) mass is 481 g/mol. The average molecular weight is 481 g/mol. The summed E-state index contributed by atoms with van der Waals surface area (Å²) in [6.07, 6.45) is -2.64. The second-order valence-electron chi connectivity index (χ2n) is 8.44. The number of ether oxygens (including phenoxy) is 1. The fourth-order valence-electron chi connectivity index (χ4n) is 4.58. The van der Waals surface area contributed by atoms with E-state index in [9.17, 15) is 31.5 Å². The van der Waals surface area contributed by atoms with E-state index in [1.165, 1.54) is 6.07 Å². The Morgan fingerprint density at radius 1 is 1.31 bits per heavy atom. The van der Waals surface area contributed by atoms with Crippen molar-refractivity contribution in [2.75, 3.05) is 17.4 Å². The number of carbonyl (C=O) groups excluding carboxylic acids is 1. The maximum Gasteiger partial charge on any atom is 0.522 e. The Morgan fingerprint density at radius 2 is 2.03 bits per heavy atom. The van der Waals surface area contributed by atoms with E-state index in [-0.39, 0.29) is 23.9 Å². The van der Waals surface area contributed by atoms with Crippen LogP contribution < -0.4 is 14.3 Å². The molecule has 1 heterocycles. The highest BCUT2D eigenvalue weighted by Gasteiger charge is 2.40. The van der Waals surface area contributed by atoms with E-state index in [4.69, 9.17) is 0 Å². The normalized spacial score (nSPS) is 27.1. The molecule has 32 heavy (non-hydrogen) atoms. The first kappa shape index (κ1) is 23.1. The van der Waals surface area contributed by atoms with Crippen molar-refractivity contribution in [2.45, 2.75) is 57.0 Å². The predicted molar refractivity (Wildman–Crippen MR) is 105 cm³/mol. The molecule has 8 nitrogen and oxygen atoms in total. The average Bonchev–Trinajstić information content (AvgIpc) is 2.91. The molecule has 3 N–H and O–H groups in total. The SMILES string of the molecule is O=C1CN(c2c(O)cc3c(c2F)CC(NCCC2CC(OC(F)(F)F)C2)CC3)S(=O)(=O)N1. The van der Waals surface area contributed by atoms with Crippen molar-refractivity contribution in [3.8, 4) is 5.75 Å². The number of nitrogens with one attached hydrogen (secondary N) is 2. The maximum absolute atomic E-state index is 15.3. The highest BCUT2D eigenvalue weighted by molar-refractivity contribution is 7.92. The maximum atomic E-state index is 15.3. The Morgan fingerprint density at radius 3 is 2.66 bits per heavy atom. The van der Waals surface area contributed by atoms with Gasteiger partial charge in [-0.1, -0.05) is 0 Å². The van der Waals surface area contributed by atoms with Crippen LogP contribution in [0.25, 0.3) is 0 Å². The van der Waals surface area contributed by atoms with E-state index >= 15 is 4.39 Å². The van der Waals surface area contributed by atoms with Crippen LogP contribution in [0.5, 0.6) is 5.75 Å². The molecule has 1 amide bonds. The van der Waals surface area contributed by atoms with Gasteiger partial charge in [0.1, 0.15) is 18.0 Å². The summed E-state index contributed by atoms with van der Waals surface area (Å²) in [5.41, 5.74) is 0.301. The first-order valence-electron chi connectivity index (χ1n) is 10.3. The number of hydrogen-bond donors (Lipinski definition) is 3. The summed E-state index contributed by atoms with van der Waals surface area (Å²) in [5.74, 6) is -2.11. The molecule has 0 bridgehead atoms. The summed E-state index contributed by atoms with van der Waals surface area (Å²) in [5, 5.41) is 13.5. The summed E-state index contributed by atoms with van der Waals surface area (Å²) in [6, 6.07) is 1.23. The Balaban J connectivity index is 1.36. The van der Waals surface area contributed by atoms with Crippen LogP contribution in [0.2, 0.25) is 0 Å². The molecule has 2 fully saturated rings. The van der Waals surface area contributed by atoms with Gasteiger partial charge in [0.25, 0.3) is 5.91 Å². The van der Waals surface area contributed by atoms with Crippen molar-refractivity contribution in [2.24, 2.45) is 5.92 Å². The largest absolute Gasteiger partial charge is 0.522 e. The van der Waals surface area contributed by atoms with Gasteiger partial charge in [0.2, 0.25) is 0 Å². The van der Waals surface area contributed by atoms with E-state index in [0.717, 1.165) is 0 Å². The fraction of sp³-hybridized carbons (Fsp3) is 0.632. The molecule has 3 aliphatic rings. The van der Waals surface area contributed by atoms with E-state index < -0.39 is 52.4 Å². The van der Waals surface area contributed by atoms with Crippen LogP contribution in [0.15, 0.2) is 6.07 Å². The van der Waals surface area contributed by atoms with Crippen molar-refractivity contribution < 1.29 is 40.6 Å². The van der Waals surface area contributed by atoms with Gasteiger partial charge in [-0.25, -0.2) is 13.4 Å². The van der Waals surface area contributed by atoms with Crippen LogP contribution in [0.3, 0.4) is 0 Å². The number of aryl methyl sites for hydroxylation is 1. The third kappa shape index (κ3) is 4.79. The van der Waals surface area contributed by atoms with Crippen molar-refractivity contribution >= 4 is 21.8 Å². The number of nitrogens with zero attached hydrogens (tertiary/aromatic N) is 1. The predicted octanol–water partition coefficient (Wildman–Crippen LogP) is 1.86. The molecule has 4 rings (SSSR count). The molecule has 1 atom stereocenters. The highest BCUT2D eigenvalue weighted by atomic mass is 32.2. The minimum Gasteiger partial charge on any atom is -0.506 e. The van der Waals surface area contributed by atoms with Crippen LogP contribution in [-0.4, -0.2) is 51.0 Å². The third-order valence-electron chi connectivity index (χ3n) is 6.17. The molecule has 178 valence electrons. The smallest absolute Gasteiger partial charge is 0.506 e. The van der Waals surface area contributed by atoms with Gasteiger partial charge >= 0.3 is 16.6 Å². The van der Waals surface area contributed by atoms with Gasteiger partial charge in [-0.05, 0) is 68.2 Å². The van der Waals surface area contributed by atoms with Crippen molar-refractivity contribution in [3.05, 3.63) is 23.0 Å². The number of amides is 1. The Bertz CT molecular complexity index is 1010. The van der Waals surface area contributed by atoms with Crippen LogP contribution in [0.4, 0.5) is 23.2 Å². The molecule has 0 radical (unpaired) electrons. The summed E-state index contributed by atoms with van der Waals surface area (Å²) in [7, 11) is -4.27. The second kappa shape index (κ2) is 8.34. The molecule has 1 saturated carbocycles. The van der Waals surface area contributed by atoms with E-state index in [1.54, 1.807) is 4.72 Å². The number of benzene rings is 1. The number of hydrogen-bond acceptors (Lipinski definition) is 6. The van der Waals surface area contributed by atoms with Crippen LogP contribution in [0, 0.1) is 11.7 Å². The van der Waals surface area contributed by atoms with Gasteiger partial charge in [-0.15, -0.1) is 13.2 Å². The number of phenolic OH excluding ortho intramolecular Hbond substituents is 1. The molecule has 1 aromatic carbocycles. The van der Waals surface area contributed by atoms with Crippen LogP contribution in [0.1, 0.15) is 36.8 Å². The number of carbonyl (C=O) groups is 1. The van der Waals surface area contributed by atoms with E-state index in [2.05, 4.69) is 10.1 Å². The van der Waals surface area contributed by atoms with Gasteiger partial charge in [-0.3, -0.25) is 9.53 Å². The molecule has 2 aliphatic carbocycles. The summed E-state index contributed by atoms with van der Waals surface area (Å²) >= 11 is 0. The zero-order chi connectivity index (χ0) is 23.3. The Kier molecular flexibility index (Phi) is 6.01. The molecule has 1 aliphatic heterocycles. The van der Waals surface area contributed by atoms with Gasteiger partial charge in [0.05, 0.1) is 6.10 Å². The van der Waals surface area contributed by atoms with Gasteiger partial charge in [0, 0.05) is 6.04 Å². The van der Waals surface area contributed by atoms with E-state index in [1.807, 2.05) is 0 Å². The zero-order valence-electron chi connectivity index (χ0n) is 16.9. The summed E-state index contributed by atoms with van der Waals surface area (Å²) in [6.45, 7) is -0.0669. The highest BCUT2D eigenvalue weighted by Crippen LogP contribution is 2.40. The van der Waals surface area contributed by atoms with Gasteiger partial charge in [0.15, 0.2) is 5.82 Å². The third-order valence-corrected chi connectivity index (χ3v) is 7.55. The number of fused-ring (bicyclic) bond motifs is 1. The number of phenols is 1. The summed E-state index contributed by atoms with van der Waals surface area (Å²) < 4.78 is 82.2. The Hall–Kier alpha value is -2.12. The quantitative estimate of drug-likeness (QED) is 0.536. The van der Waals surface area contributed by atoms with Crippen LogP contribution >= 0.6 is 0 Å². The minimum atomic E-state index is -4.61. The zero-order valence-corrected chi connectivity index (χ0v) is 17.7. The lowest BCUT2D eigenvalue weighted by molar-refractivity contribution is -0.354. The first-order valence-corrected chi connectivity index (χ1v) is 11.7. The first-order chi connectivity index (χ1) is 14.9. The van der Waals surface area contributed by atoms with Crippen molar-refractivity contribution in [3.63, 3.8) is 0 Å². The lowest BCUT2D eigenvalue weighted by atomic mass is 9.80. The summed E-state index contributed by atoms with van der Waals surface area (Å²) in [4.78, 5) is 11.5. The molecular weight excluding hydrogens is 458 g/mol. The van der Waals surface area contributed by atoms with Crippen LogP contribution in [-0.2, 0) is 32.6 Å². The molecule has 13 heteroatoms. The number of rotatable bonds is 6. The number of aromatic hydroxyl groups is 1. The van der Waals surface area contributed by atoms with Crippen molar-refractivity contribution in [1.29, 1.82) is 0 Å². The molecule has 0 aromatic heterocycles. The lowest BCUT2D eigenvalue weighted by Crippen LogP contribution is -2.40. The Labute approximate surface area is 182 Å². The molecule has 1 unspecified atom stereocenters. The molecule has 1 aromatic rings. The fourth-order valence-corrected chi connectivity index (χ4v) is 5.75. The minimum absolute atomic E-state index is 0.105. The number of anilines is 1. The topological polar surface area (TPSA) is 108 Å². The van der Waals surface area contributed by atoms with Gasteiger partial charge in [-0.2, -0.15) is 8.42 Å². The standard InChI is InChI=1S/C19H23F4N3O5S/c20-17-14-8-12(24-4-3-10-5-13(6-10)31-19(21,22)23)2-1-11(14)7-15(27)18(17)26-9-16(28)25-32(26,29)30/h7,10,12-13,24,27H,1-6,8-9H2,(H,25,28). The van der Waals surface area contributed by atoms with Crippen molar-refractivity contribution in [1.82, 2.24) is 10.0 Å². The number of halogens is 4.